The number of hydrogen-bond donors (Lipinski definition) is 2. The molecule has 2 rings (SSSR count). The Morgan fingerprint density at radius 3 is 2.75 bits per heavy atom. The van der Waals surface area contributed by atoms with Gasteiger partial charge >= 0.3 is 0 Å². The van der Waals surface area contributed by atoms with E-state index in [0.29, 0.717) is 5.82 Å². The molecule has 2 aromatic heterocycles. The smallest absolute Gasteiger partial charge is 0.283 e. The van der Waals surface area contributed by atoms with Crippen molar-refractivity contribution in [3.05, 3.63) is 24.4 Å². The van der Waals surface area contributed by atoms with Crippen LogP contribution in [0.1, 0.15) is 5.82 Å². The number of aromatic nitrogens is 4. The Bertz CT molecular complexity index is 564. The van der Waals surface area contributed by atoms with Crippen LogP contribution in [0.25, 0.3) is 0 Å². The molecule has 0 spiro atoms. The summed E-state index contributed by atoms with van der Waals surface area (Å²) in [7, 11) is -1.93. The molecule has 0 unspecified atom stereocenters. The monoisotopic (exact) mass is 241 g/mol. The highest BCUT2D eigenvalue weighted by molar-refractivity contribution is 7.92. The maximum Gasteiger partial charge on any atom is 0.283 e. The molecule has 8 heteroatoms. The average molecular weight is 241 g/mol. The molecule has 86 valence electrons. The zero-order valence-electron chi connectivity index (χ0n) is 8.80. The summed E-state index contributed by atoms with van der Waals surface area (Å²) >= 11 is 0. The number of imidazole rings is 2. The van der Waals surface area contributed by atoms with E-state index >= 15 is 0 Å². The van der Waals surface area contributed by atoms with E-state index in [0.717, 1.165) is 0 Å². The molecule has 2 N–H and O–H groups in total. The minimum Gasteiger partial charge on any atom is -0.337 e. The SMILES string of the molecule is Cc1nc(S(=O)(=O)Nc2ncc[nH]2)cn1C. The second-order valence-corrected chi connectivity index (χ2v) is 4.91. The van der Waals surface area contributed by atoms with Crippen LogP contribution in [0.15, 0.2) is 23.6 Å². The van der Waals surface area contributed by atoms with Crippen LogP contribution in [-0.4, -0.2) is 27.9 Å². The maximum atomic E-state index is 11.8. The summed E-state index contributed by atoms with van der Waals surface area (Å²) in [5.74, 6) is 0.795. The van der Waals surface area contributed by atoms with Crippen molar-refractivity contribution in [1.29, 1.82) is 0 Å². The average Bonchev–Trinajstić information content (AvgIpc) is 2.78. The van der Waals surface area contributed by atoms with Crippen molar-refractivity contribution in [2.75, 3.05) is 4.72 Å². The van der Waals surface area contributed by atoms with Crippen molar-refractivity contribution < 1.29 is 8.42 Å². The van der Waals surface area contributed by atoms with Gasteiger partial charge in [0.25, 0.3) is 10.0 Å². The lowest BCUT2D eigenvalue weighted by atomic mass is 10.7. The molecule has 2 heterocycles. The van der Waals surface area contributed by atoms with Crippen molar-refractivity contribution in [3.63, 3.8) is 0 Å². The van der Waals surface area contributed by atoms with Crippen LogP contribution in [0, 0.1) is 6.92 Å². The minimum absolute atomic E-state index is 0.0242. The van der Waals surface area contributed by atoms with E-state index in [2.05, 4.69) is 19.7 Å². The molecule has 7 nitrogen and oxygen atoms in total. The molecule has 0 amide bonds. The van der Waals surface area contributed by atoms with E-state index in [1.165, 1.54) is 18.6 Å². The van der Waals surface area contributed by atoms with Gasteiger partial charge in [-0.2, -0.15) is 8.42 Å². The number of nitrogens with one attached hydrogen (secondary N) is 2. The molecule has 0 aliphatic rings. The second-order valence-electron chi connectivity index (χ2n) is 3.28. The van der Waals surface area contributed by atoms with Crippen LogP contribution in [-0.2, 0) is 17.1 Å². The highest BCUT2D eigenvalue weighted by Crippen LogP contribution is 2.11. The number of nitrogens with zero attached hydrogens (tertiary/aromatic N) is 3. The fourth-order valence-electron chi connectivity index (χ4n) is 1.16. The first-order chi connectivity index (χ1) is 7.49. The first kappa shape index (κ1) is 10.7. The molecule has 0 atom stereocenters. The van der Waals surface area contributed by atoms with Gasteiger partial charge in [0, 0.05) is 25.6 Å². The molecular weight excluding hydrogens is 230 g/mol. The van der Waals surface area contributed by atoms with Gasteiger partial charge in [0.05, 0.1) is 0 Å². The van der Waals surface area contributed by atoms with Crippen molar-refractivity contribution >= 4 is 16.0 Å². The number of rotatable bonds is 3. The predicted octanol–water partition coefficient (Wildman–Crippen LogP) is 0.252. The minimum atomic E-state index is -3.66. The number of anilines is 1. The number of H-pyrrole nitrogens is 1. The lowest BCUT2D eigenvalue weighted by Gasteiger charge is -2.00. The van der Waals surface area contributed by atoms with Gasteiger partial charge in [0.2, 0.25) is 5.95 Å². The quantitative estimate of drug-likeness (QED) is 0.805. The van der Waals surface area contributed by atoms with Gasteiger partial charge in [-0.05, 0) is 6.92 Å². The number of aromatic amines is 1. The van der Waals surface area contributed by atoms with Crippen molar-refractivity contribution in [2.24, 2.45) is 7.05 Å². The van der Waals surface area contributed by atoms with E-state index in [1.54, 1.807) is 18.5 Å². The third kappa shape index (κ3) is 1.91. The molecule has 0 radical (unpaired) electrons. The van der Waals surface area contributed by atoms with Gasteiger partial charge in [0.15, 0.2) is 5.03 Å². The van der Waals surface area contributed by atoms with Gasteiger partial charge in [-0.3, -0.25) is 0 Å². The van der Waals surface area contributed by atoms with Crippen molar-refractivity contribution in [2.45, 2.75) is 11.9 Å². The first-order valence-electron chi connectivity index (χ1n) is 4.51. The Labute approximate surface area is 92.6 Å². The topological polar surface area (TPSA) is 92.7 Å². The zero-order chi connectivity index (χ0) is 11.8. The van der Waals surface area contributed by atoms with Gasteiger partial charge in [0.1, 0.15) is 5.82 Å². The zero-order valence-corrected chi connectivity index (χ0v) is 9.61. The molecule has 0 saturated heterocycles. The van der Waals surface area contributed by atoms with E-state index in [9.17, 15) is 8.42 Å². The molecule has 0 aliphatic carbocycles. The van der Waals surface area contributed by atoms with E-state index in [4.69, 9.17) is 0 Å². The van der Waals surface area contributed by atoms with Gasteiger partial charge in [-0.1, -0.05) is 0 Å². The molecule has 0 fully saturated rings. The number of hydrogen-bond acceptors (Lipinski definition) is 4. The van der Waals surface area contributed by atoms with Crippen LogP contribution >= 0.6 is 0 Å². The second kappa shape index (κ2) is 3.63. The Hall–Kier alpha value is -1.83. The largest absolute Gasteiger partial charge is 0.337 e. The number of aryl methyl sites for hydroxylation is 2. The van der Waals surface area contributed by atoms with Crippen molar-refractivity contribution in [1.82, 2.24) is 19.5 Å². The molecule has 0 aliphatic heterocycles. The molecule has 0 saturated carbocycles. The Morgan fingerprint density at radius 2 is 2.25 bits per heavy atom. The fourth-order valence-corrected chi connectivity index (χ4v) is 2.18. The third-order valence-corrected chi connectivity index (χ3v) is 3.30. The van der Waals surface area contributed by atoms with Crippen LogP contribution in [0.3, 0.4) is 0 Å². The summed E-state index contributed by atoms with van der Waals surface area (Å²) in [6.07, 6.45) is 4.43. The highest BCUT2D eigenvalue weighted by atomic mass is 32.2. The number of sulfonamides is 1. The van der Waals surface area contributed by atoms with Gasteiger partial charge in [-0.25, -0.2) is 14.7 Å². The van der Waals surface area contributed by atoms with E-state index < -0.39 is 10.0 Å². The van der Waals surface area contributed by atoms with E-state index in [-0.39, 0.29) is 11.0 Å². The fraction of sp³-hybridized carbons (Fsp3) is 0.250. The lowest BCUT2D eigenvalue weighted by Crippen LogP contribution is -2.14. The van der Waals surface area contributed by atoms with Crippen LogP contribution in [0.2, 0.25) is 0 Å². The maximum absolute atomic E-state index is 11.8. The summed E-state index contributed by atoms with van der Waals surface area (Å²) in [6.45, 7) is 1.73. The van der Waals surface area contributed by atoms with Crippen molar-refractivity contribution in [3.8, 4) is 0 Å². The summed E-state index contributed by atoms with van der Waals surface area (Å²) < 4.78 is 27.6. The standard InChI is InChI=1S/C8H11N5O2S/c1-6-11-7(5-13(6)2)16(14,15)12-8-9-3-4-10-8/h3-5H,1-2H3,(H2,9,10,12). The Balaban J connectivity index is 2.32. The molecule has 16 heavy (non-hydrogen) atoms. The molecular formula is C8H11N5O2S. The third-order valence-electron chi connectivity index (χ3n) is 2.09. The normalized spacial score (nSPS) is 11.6. The molecule has 2 aromatic rings. The first-order valence-corrected chi connectivity index (χ1v) is 5.99. The van der Waals surface area contributed by atoms with Crippen LogP contribution in [0.4, 0.5) is 5.95 Å². The highest BCUT2D eigenvalue weighted by Gasteiger charge is 2.19. The Kier molecular flexibility index (Phi) is 2.43. The lowest BCUT2D eigenvalue weighted by molar-refractivity contribution is 0.597. The molecule has 0 aromatic carbocycles. The van der Waals surface area contributed by atoms with E-state index in [1.807, 2.05) is 0 Å². The van der Waals surface area contributed by atoms with Crippen LogP contribution < -0.4 is 4.72 Å². The summed E-state index contributed by atoms with van der Waals surface area (Å²) in [5.41, 5.74) is 0. The van der Waals surface area contributed by atoms with Gasteiger partial charge in [-0.15, -0.1) is 0 Å². The predicted molar refractivity (Wildman–Crippen MR) is 57.3 cm³/mol. The van der Waals surface area contributed by atoms with Crippen LogP contribution in [0.5, 0.6) is 0 Å². The summed E-state index contributed by atoms with van der Waals surface area (Å²) in [4.78, 5) is 10.4. The Morgan fingerprint density at radius 1 is 1.50 bits per heavy atom. The summed E-state index contributed by atoms with van der Waals surface area (Å²) in [5, 5.41) is -0.0242. The summed E-state index contributed by atoms with van der Waals surface area (Å²) in [6, 6.07) is 0. The van der Waals surface area contributed by atoms with Gasteiger partial charge < -0.3 is 9.55 Å². The molecule has 0 bridgehead atoms.